The zero-order valence-electron chi connectivity index (χ0n) is 15.3. The minimum atomic E-state index is 0.736. The van der Waals surface area contributed by atoms with E-state index in [2.05, 4.69) is 64.9 Å². The Hall–Kier alpha value is -1.68. The van der Waals surface area contributed by atoms with Crippen LogP contribution in [0.3, 0.4) is 0 Å². The van der Waals surface area contributed by atoms with E-state index in [-0.39, 0.29) is 0 Å². The predicted octanol–water partition coefficient (Wildman–Crippen LogP) is 5.34. The molecule has 3 heteroatoms. The van der Waals surface area contributed by atoms with E-state index >= 15 is 0 Å². The maximum absolute atomic E-state index is 5.91. The number of nitrogens with zero attached hydrogens (tertiary/aromatic N) is 1. The Morgan fingerprint density at radius 1 is 0.962 bits per heavy atom. The van der Waals surface area contributed by atoms with Gasteiger partial charge in [-0.05, 0) is 72.3 Å². The Bertz CT molecular complexity index is 805. The molecular weight excluding hydrogens is 338 g/mol. The summed E-state index contributed by atoms with van der Waals surface area (Å²) < 4.78 is 7.28. The fourth-order valence-electron chi connectivity index (χ4n) is 3.87. The quantitative estimate of drug-likeness (QED) is 0.524. The van der Waals surface area contributed by atoms with Crippen LogP contribution in [-0.2, 0) is 11.2 Å². The van der Waals surface area contributed by atoms with Crippen LogP contribution in [0, 0.1) is 0 Å². The minimum absolute atomic E-state index is 0.736. The first-order valence-electron chi connectivity index (χ1n) is 9.70. The van der Waals surface area contributed by atoms with Crippen molar-refractivity contribution in [1.29, 1.82) is 0 Å². The van der Waals surface area contributed by atoms with Gasteiger partial charge in [-0.15, -0.1) is 11.3 Å². The monoisotopic (exact) mass is 365 g/mol. The molecule has 1 aliphatic rings. The molecule has 1 aromatic heterocycles. The van der Waals surface area contributed by atoms with Gasteiger partial charge in [0.25, 0.3) is 0 Å². The summed E-state index contributed by atoms with van der Waals surface area (Å²) in [4.78, 5) is 2.55. The van der Waals surface area contributed by atoms with Gasteiger partial charge in [-0.3, -0.25) is 0 Å². The van der Waals surface area contributed by atoms with Gasteiger partial charge in [0.2, 0.25) is 0 Å². The second kappa shape index (κ2) is 8.81. The standard InChI is InChI=1S/C23H27NOS/c1-2-4-20(5-3-1)21-8-12-24(13-9-21)14-16-25-15-10-19-6-7-23-22(18-19)11-17-26-23/h1-7,11,17-18,21H,8-10,12-16H2. The Kier molecular flexibility index (Phi) is 6.00. The van der Waals surface area contributed by atoms with Crippen LogP contribution in [0.4, 0.5) is 0 Å². The van der Waals surface area contributed by atoms with E-state index in [0.29, 0.717) is 0 Å². The molecule has 136 valence electrons. The van der Waals surface area contributed by atoms with Gasteiger partial charge in [-0.2, -0.15) is 0 Å². The maximum atomic E-state index is 5.91. The van der Waals surface area contributed by atoms with E-state index in [1.807, 2.05) is 0 Å². The van der Waals surface area contributed by atoms with Crippen LogP contribution in [0.15, 0.2) is 60.0 Å². The van der Waals surface area contributed by atoms with Crippen molar-refractivity contribution in [2.24, 2.45) is 0 Å². The van der Waals surface area contributed by atoms with Gasteiger partial charge in [0.1, 0.15) is 0 Å². The van der Waals surface area contributed by atoms with Gasteiger partial charge in [0, 0.05) is 11.2 Å². The lowest BCUT2D eigenvalue weighted by atomic mass is 9.89. The van der Waals surface area contributed by atoms with E-state index in [0.717, 1.165) is 32.1 Å². The highest BCUT2D eigenvalue weighted by Gasteiger charge is 2.19. The number of rotatable bonds is 7. The summed E-state index contributed by atoms with van der Waals surface area (Å²) in [5.41, 5.74) is 2.88. The number of fused-ring (bicyclic) bond motifs is 1. The first-order valence-corrected chi connectivity index (χ1v) is 10.6. The number of piperidine rings is 1. The molecule has 1 fully saturated rings. The Labute approximate surface area is 160 Å². The fraction of sp³-hybridized carbons (Fsp3) is 0.391. The number of benzene rings is 2. The molecule has 26 heavy (non-hydrogen) atoms. The van der Waals surface area contributed by atoms with Crippen LogP contribution >= 0.6 is 11.3 Å². The fourth-order valence-corrected chi connectivity index (χ4v) is 4.64. The van der Waals surface area contributed by atoms with Crippen LogP contribution < -0.4 is 0 Å². The summed E-state index contributed by atoms with van der Waals surface area (Å²) in [6.07, 6.45) is 3.54. The Balaban J connectivity index is 1.13. The summed E-state index contributed by atoms with van der Waals surface area (Å²) in [7, 11) is 0. The van der Waals surface area contributed by atoms with Crippen molar-refractivity contribution in [2.45, 2.75) is 25.2 Å². The van der Waals surface area contributed by atoms with E-state index in [9.17, 15) is 0 Å². The van der Waals surface area contributed by atoms with Crippen LogP contribution in [0.25, 0.3) is 10.1 Å². The largest absolute Gasteiger partial charge is 0.380 e. The van der Waals surface area contributed by atoms with Crippen molar-refractivity contribution in [1.82, 2.24) is 4.90 Å². The van der Waals surface area contributed by atoms with Crippen molar-refractivity contribution in [3.63, 3.8) is 0 Å². The highest BCUT2D eigenvalue weighted by Crippen LogP contribution is 2.27. The lowest BCUT2D eigenvalue weighted by Crippen LogP contribution is -2.35. The van der Waals surface area contributed by atoms with Crippen LogP contribution in [-0.4, -0.2) is 37.7 Å². The number of ether oxygens (including phenoxy) is 1. The average Bonchev–Trinajstić information content (AvgIpc) is 3.17. The molecule has 2 aromatic carbocycles. The molecule has 1 aliphatic heterocycles. The van der Waals surface area contributed by atoms with Crippen molar-refractivity contribution in [3.05, 3.63) is 71.1 Å². The van der Waals surface area contributed by atoms with E-state index in [1.165, 1.54) is 47.1 Å². The zero-order chi connectivity index (χ0) is 17.6. The third-order valence-corrected chi connectivity index (χ3v) is 6.36. The second-order valence-electron chi connectivity index (χ2n) is 7.18. The molecule has 0 spiro atoms. The highest BCUT2D eigenvalue weighted by molar-refractivity contribution is 7.17. The number of likely N-dealkylation sites (tertiary alicyclic amines) is 1. The first kappa shape index (κ1) is 17.7. The van der Waals surface area contributed by atoms with Crippen LogP contribution in [0.1, 0.15) is 29.9 Å². The summed E-state index contributed by atoms with van der Waals surface area (Å²) in [6.45, 7) is 5.10. The van der Waals surface area contributed by atoms with Gasteiger partial charge in [-0.1, -0.05) is 42.5 Å². The molecule has 0 radical (unpaired) electrons. The van der Waals surface area contributed by atoms with Crippen LogP contribution in [0.5, 0.6) is 0 Å². The molecule has 0 amide bonds. The second-order valence-corrected chi connectivity index (χ2v) is 8.13. The Morgan fingerprint density at radius 2 is 1.81 bits per heavy atom. The smallest absolute Gasteiger partial charge is 0.0593 e. The zero-order valence-corrected chi connectivity index (χ0v) is 16.1. The lowest BCUT2D eigenvalue weighted by Gasteiger charge is -2.32. The van der Waals surface area contributed by atoms with Crippen LogP contribution in [0.2, 0.25) is 0 Å². The van der Waals surface area contributed by atoms with Gasteiger partial charge >= 0.3 is 0 Å². The van der Waals surface area contributed by atoms with E-state index in [4.69, 9.17) is 4.74 Å². The molecule has 3 aromatic rings. The molecule has 0 bridgehead atoms. The first-order chi connectivity index (χ1) is 12.9. The molecule has 2 heterocycles. The van der Waals surface area contributed by atoms with Gasteiger partial charge < -0.3 is 9.64 Å². The molecule has 0 saturated carbocycles. The van der Waals surface area contributed by atoms with Gasteiger partial charge in [0.15, 0.2) is 0 Å². The third kappa shape index (κ3) is 4.53. The maximum Gasteiger partial charge on any atom is 0.0593 e. The number of hydrogen-bond donors (Lipinski definition) is 0. The molecule has 0 unspecified atom stereocenters. The van der Waals surface area contributed by atoms with E-state index < -0.39 is 0 Å². The molecule has 0 N–H and O–H groups in total. The highest BCUT2D eigenvalue weighted by atomic mass is 32.1. The van der Waals surface area contributed by atoms with Gasteiger partial charge in [0.05, 0.1) is 13.2 Å². The SMILES string of the molecule is c1ccc(C2CCN(CCOCCc3ccc4sccc4c3)CC2)cc1. The Morgan fingerprint density at radius 3 is 2.65 bits per heavy atom. The summed E-state index contributed by atoms with van der Waals surface area (Å²) in [6, 6.07) is 19.9. The summed E-state index contributed by atoms with van der Waals surface area (Å²) in [5.74, 6) is 0.736. The molecule has 4 rings (SSSR count). The number of thiophene rings is 1. The molecule has 0 aliphatic carbocycles. The minimum Gasteiger partial charge on any atom is -0.380 e. The van der Waals surface area contributed by atoms with Crippen molar-refractivity contribution >= 4 is 21.4 Å². The topological polar surface area (TPSA) is 12.5 Å². The molecule has 1 saturated heterocycles. The third-order valence-electron chi connectivity index (χ3n) is 5.46. The van der Waals surface area contributed by atoms with Crippen molar-refractivity contribution in [2.75, 3.05) is 32.8 Å². The van der Waals surface area contributed by atoms with Crippen molar-refractivity contribution < 1.29 is 4.74 Å². The molecule has 0 atom stereocenters. The van der Waals surface area contributed by atoms with Crippen molar-refractivity contribution in [3.8, 4) is 0 Å². The normalized spacial score (nSPS) is 16.3. The number of hydrogen-bond acceptors (Lipinski definition) is 3. The lowest BCUT2D eigenvalue weighted by molar-refractivity contribution is 0.0957. The summed E-state index contributed by atoms with van der Waals surface area (Å²) in [5, 5.41) is 3.51. The molecule has 2 nitrogen and oxygen atoms in total. The van der Waals surface area contributed by atoms with Gasteiger partial charge in [-0.25, -0.2) is 0 Å². The summed E-state index contributed by atoms with van der Waals surface area (Å²) >= 11 is 1.81. The predicted molar refractivity (Wildman–Crippen MR) is 111 cm³/mol. The average molecular weight is 366 g/mol. The molecular formula is C23H27NOS. The van der Waals surface area contributed by atoms with E-state index in [1.54, 1.807) is 11.3 Å².